The van der Waals surface area contributed by atoms with E-state index in [1.54, 1.807) is 11.6 Å². The number of hydrogen-bond acceptors (Lipinski definition) is 5. The Morgan fingerprint density at radius 1 is 1.12 bits per heavy atom. The molecule has 168 valence electrons. The van der Waals surface area contributed by atoms with Crippen LogP contribution in [0.2, 0.25) is 0 Å². The quantitative estimate of drug-likeness (QED) is 0.149. The van der Waals surface area contributed by atoms with Gasteiger partial charge in [0.15, 0.2) is 5.82 Å². The molecule has 0 saturated heterocycles. The van der Waals surface area contributed by atoms with E-state index in [0.717, 1.165) is 58.3 Å². The van der Waals surface area contributed by atoms with Crippen LogP contribution in [0.3, 0.4) is 0 Å². The molecule has 4 aromatic rings. The molecule has 0 saturated carbocycles. The number of fused-ring (bicyclic) bond motifs is 3. The molecule has 0 atom stereocenters. The summed E-state index contributed by atoms with van der Waals surface area (Å²) in [6, 6.07) is 15.7. The summed E-state index contributed by atoms with van der Waals surface area (Å²) in [5, 5.41) is 18.8. The molecule has 7 nitrogen and oxygen atoms in total. The number of pyridine rings is 1. The second-order valence-electron chi connectivity index (χ2n) is 7.00. The van der Waals surface area contributed by atoms with Gasteiger partial charge in [0.05, 0.1) is 11.2 Å². The molecular formula is C23H25Cl2N5O2. The van der Waals surface area contributed by atoms with E-state index in [4.69, 9.17) is 15.3 Å². The van der Waals surface area contributed by atoms with Crippen LogP contribution >= 0.6 is 24.8 Å². The van der Waals surface area contributed by atoms with Crippen LogP contribution in [0.15, 0.2) is 60.8 Å². The number of rotatable bonds is 7. The fourth-order valence-corrected chi connectivity index (χ4v) is 3.32. The topological polar surface area (TPSA) is 92.1 Å². The largest absolute Gasteiger partial charge is 0.368 e. The number of nitrogens with zero attached hydrogens (tertiary/aromatic N) is 3. The third kappa shape index (κ3) is 5.37. The van der Waals surface area contributed by atoms with Crippen molar-refractivity contribution in [1.29, 1.82) is 0 Å². The second kappa shape index (κ2) is 11.5. The summed E-state index contributed by atoms with van der Waals surface area (Å²) < 4.78 is 1.86. The van der Waals surface area contributed by atoms with Crippen molar-refractivity contribution in [3.05, 3.63) is 66.4 Å². The number of halogens is 2. The number of hydrogen-bond donors (Lipinski definition) is 3. The summed E-state index contributed by atoms with van der Waals surface area (Å²) in [5.41, 5.74) is 5.04. The summed E-state index contributed by atoms with van der Waals surface area (Å²) in [4.78, 5) is 16.1. The highest BCUT2D eigenvalue weighted by Crippen LogP contribution is 2.30. The van der Waals surface area contributed by atoms with Gasteiger partial charge in [-0.1, -0.05) is 37.6 Å². The van der Waals surface area contributed by atoms with E-state index < -0.39 is 5.91 Å². The molecule has 9 heteroatoms. The Balaban J connectivity index is 0.00000181. The van der Waals surface area contributed by atoms with Crippen molar-refractivity contribution in [3.63, 3.8) is 0 Å². The number of amides is 1. The molecule has 2 aromatic heterocycles. The van der Waals surface area contributed by atoms with Crippen LogP contribution in [0.5, 0.6) is 0 Å². The summed E-state index contributed by atoms with van der Waals surface area (Å²) in [7, 11) is 0. The molecule has 0 aliphatic heterocycles. The van der Waals surface area contributed by atoms with Crippen molar-refractivity contribution in [2.75, 3.05) is 11.9 Å². The van der Waals surface area contributed by atoms with Gasteiger partial charge in [-0.25, -0.2) is 15.1 Å². The first kappa shape index (κ1) is 25.1. The lowest BCUT2D eigenvalue weighted by Gasteiger charge is -2.08. The number of carbonyl (C=O) groups is 1. The van der Waals surface area contributed by atoms with Gasteiger partial charge in [0.25, 0.3) is 5.91 Å². The van der Waals surface area contributed by atoms with Crippen molar-refractivity contribution in [3.8, 4) is 5.69 Å². The molecule has 0 bridgehead atoms. The molecule has 4 rings (SSSR count). The number of anilines is 1. The van der Waals surface area contributed by atoms with Crippen molar-refractivity contribution in [2.45, 2.75) is 19.8 Å². The number of benzene rings is 2. The molecule has 3 N–H and O–H groups in total. The highest BCUT2D eigenvalue weighted by atomic mass is 35.5. The third-order valence-electron chi connectivity index (χ3n) is 4.86. The van der Waals surface area contributed by atoms with Gasteiger partial charge in [-0.3, -0.25) is 10.0 Å². The maximum absolute atomic E-state index is 11.3. The Bertz CT molecular complexity index is 1230. The lowest BCUT2D eigenvalue weighted by Crippen LogP contribution is -2.14. The summed E-state index contributed by atoms with van der Waals surface area (Å²) in [6.07, 6.45) is 7.08. The molecule has 0 radical (unpaired) electrons. The van der Waals surface area contributed by atoms with Gasteiger partial charge in [-0.05, 0) is 42.3 Å². The molecule has 1 amide bonds. The lowest BCUT2D eigenvalue weighted by molar-refractivity contribution is -0.124. The van der Waals surface area contributed by atoms with Crippen molar-refractivity contribution < 1.29 is 10.0 Å². The van der Waals surface area contributed by atoms with Crippen LogP contribution in [0.4, 0.5) is 5.82 Å². The number of para-hydroxylation sites is 1. The van der Waals surface area contributed by atoms with Gasteiger partial charge < -0.3 is 5.32 Å². The average molecular weight is 474 g/mol. The Labute approximate surface area is 198 Å². The number of aromatic nitrogens is 3. The smallest absolute Gasteiger partial charge is 0.267 e. The molecule has 0 spiro atoms. The van der Waals surface area contributed by atoms with E-state index >= 15 is 0 Å². The second-order valence-corrected chi connectivity index (χ2v) is 7.00. The molecule has 32 heavy (non-hydrogen) atoms. The van der Waals surface area contributed by atoms with E-state index in [9.17, 15) is 4.79 Å². The number of nitrogens with one attached hydrogen (secondary N) is 2. The summed E-state index contributed by atoms with van der Waals surface area (Å²) >= 11 is 0. The lowest BCUT2D eigenvalue weighted by atomic mass is 10.1. The van der Waals surface area contributed by atoms with E-state index in [1.807, 2.05) is 59.4 Å². The van der Waals surface area contributed by atoms with Crippen LogP contribution in [0.25, 0.3) is 33.6 Å². The standard InChI is InChI=1S/C23H23N5O2.2ClH/c1-2-3-13-24-23-22-19(15-28(26-22)17-7-5-4-6-8-17)18-14-16(9-11-20(18)25-23)10-12-21(29)27-30;;/h4-12,14-15,30H,2-3,13H2,1H3,(H,24,25)(H,27,29);2*1H/b12-10+;;. The van der Waals surface area contributed by atoms with Crippen molar-refractivity contribution in [2.24, 2.45) is 0 Å². The first-order valence-electron chi connectivity index (χ1n) is 9.94. The van der Waals surface area contributed by atoms with Crippen LogP contribution in [-0.2, 0) is 4.79 Å². The Hall–Kier alpha value is -3.13. The Morgan fingerprint density at radius 2 is 1.91 bits per heavy atom. The third-order valence-corrected chi connectivity index (χ3v) is 4.86. The minimum Gasteiger partial charge on any atom is -0.368 e. The minimum atomic E-state index is -0.578. The molecule has 2 heterocycles. The highest BCUT2D eigenvalue weighted by molar-refractivity contribution is 6.09. The molecule has 0 aliphatic carbocycles. The number of hydroxylamine groups is 1. The number of carbonyl (C=O) groups excluding carboxylic acids is 1. The van der Waals surface area contributed by atoms with Crippen LogP contribution in [0.1, 0.15) is 25.3 Å². The van der Waals surface area contributed by atoms with E-state index in [1.165, 1.54) is 6.08 Å². The maximum atomic E-state index is 11.3. The van der Waals surface area contributed by atoms with Gasteiger partial charge in [0, 0.05) is 29.6 Å². The first-order valence-corrected chi connectivity index (χ1v) is 9.94. The van der Waals surface area contributed by atoms with Crippen LogP contribution < -0.4 is 10.8 Å². The Kier molecular flexibility index (Phi) is 9.02. The number of unbranched alkanes of at least 4 members (excludes halogenated alkanes) is 1. The van der Waals surface area contributed by atoms with E-state index in [-0.39, 0.29) is 24.8 Å². The summed E-state index contributed by atoms with van der Waals surface area (Å²) in [5.74, 6) is 0.189. The molecule has 0 fully saturated rings. The SMILES string of the molecule is CCCCNc1nc2ccc(/C=C/C(=O)NO)cc2c2cn(-c3ccccc3)nc12.Cl.Cl. The summed E-state index contributed by atoms with van der Waals surface area (Å²) in [6.45, 7) is 2.99. The average Bonchev–Trinajstić information content (AvgIpc) is 3.24. The van der Waals surface area contributed by atoms with Gasteiger partial charge in [0.2, 0.25) is 0 Å². The van der Waals surface area contributed by atoms with Crippen LogP contribution in [-0.4, -0.2) is 32.4 Å². The molecular weight excluding hydrogens is 449 g/mol. The Morgan fingerprint density at radius 3 is 2.62 bits per heavy atom. The molecule has 0 aliphatic rings. The van der Waals surface area contributed by atoms with Gasteiger partial charge in [0.1, 0.15) is 5.52 Å². The predicted molar refractivity (Wildman–Crippen MR) is 133 cm³/mol. The van der Waals surface area contributed by atoms with Crippen molar-refractivity contribution in [1.82, 2.24) is 20.2 Å². The van der Waals surface area contributed by atoms with Crippen LogP contribution in [0, 0.1) is 0 Å². The first-order chi connectivity index (χ1) is 14.7. The maximum Gasteiger partial charge on any atom is 0.267 e. The van der Waals surface area contributed by atoms with E-state index in [0.29, 0.717) is 0 Å². The molecule has 0 unspecified atom stereocenters. The zero-order valence-electron chi connectivity index (χ0n) is 17.5. The zero-order valence-corrected chi connectivity index (χ0v) is 19.1. The van der Waals surface area contributed by atoms with Gasteiger partial charge in [-0.2, -0.15) is 5.10 Å². The fraction of sp³-hybridized carbons (Fsp3) is 0.174. The zero-order chi connectivity index (χ0) is 20.9. The van der Waals surface area contributed by atoms with Gasteiger partial charge in [-0.15, -0.1) is 24.8 Å². The van der Waals surface area contributed by atoms with E-state index in [2.05, 4.69) is 12.2 Å². The normalized spacial score (nSPS) is 10.7. The highest BCUT2D eigenvalue weighted by Gasteiger charge is 2.13. The minimum absolute atomic E-state index is 0. The predicted octanol–water partition coefficient (Wildman–Crippen LogP) is 5.15. The fourth-order valence-electron chi connectivity index (χ4n) is 3.32. The molecule has 2 aromatic carbocycles. The van der Waals surface area contributed by atoms with Gasteiger partial charge >= 0.3 is 0 Å². The van der Waals surface area contributed by atoms with Crippen molar-refractivity contribution >= 4 is 64.4 Å². The monoisotopic (exact) mass is 473 g/mol.